The van der Waals surface area contributed by atoms with Crippen LogP contribution in [0.5, 0.6) is 5.75 Å². The third kappa shape index (κ3) is 5.52. The van der Waals surface area contributed by atoms with E-state index < -0.39 is 0 Å². The van der Waals surface area contributed by atoms with Crippen LogP contribution in [-0.2, 0) is 0 Å². The van der Waals surface area contributed by atoms with Crippen LogP contribution in [0.25, 0.3) is 0 Å². The minimum absolute atomic E-state index is 0.960. The van der Waals surface area contributed by atoms with Crippen LogP contribution in [0, 0.1) is 13.8 Å². The molecule has 0 bridgehead atoms. The Morgan fingerprint density at radius 3 is 2.00 bits per heavy atom. The number of methoxy groups -OCH3 is 1. The summed E-state index contributed by atoms with van der Waals surface area (Å²) >= 11 is 0. The fourth-order valence-electron chi connectivity index (χ4n) is 1.92. The second-order valence-corrected chi connectivity index (χ2v) is 4.83. The average Bonchev–Trinajstić information content (AvgIpc) is 2.38. The van der Waals surface area contributed by atoms with Crippen LogP contribution in [0.3, 0.4) is 0 Å². The molecule has 1 aromatic carbocycles. The molecule has 3 nitrogen and oxygen atoms in total. The minimum Gasteiger partial charge on any atom is -0.496 e. The maximum atomic E-state index is 5.38. The zero-order valence-corrected chi connectivity index (χ0v) is 13.9. The molecule has 0 unspecified atom stereocenters. The van der Waals surface area contributed by atoms with Crippen molar-refractivity contribution in [2.75, 3.05) is 46.2 Å². The molecule has 0 fully saturated rings. The molecular weight excluding hydrogens is 236 g/mol. The molecule has 3 heteroatoms. The lowest BCUT2D eigenvalue weighted by Crippen LogP contribution is -2.28. The lowest BCUT2D eigenvalue weighted by atomic mass is 10.1. The quantitative estimate of drug-likeness (QED) is 0.813. The highest BCUT2D eigenvalue weighted by molar-refractivity contribution is 5.58. The number of nitrogens with zero attached hydrogens (tertiary/aromatic N) is 2. The molecule has 0 spiro atoms. The van der Waals surface area contributed by atoms with Crippen molar-refractivity contribution in [1.82, 2.24) is 4.90 Å². The summed E-state index contributed by atoms with van der Waals surface area (Å²) in [6.45, 7) is 10.3. The maximum absolute atomic E-state index is 5.38. The molecule has 0 aliphatic carbocycles. The van der Waals surface area contributed by atoms with E-state index in [1.165, 1.54) is 16.8 Å². The number of likely N-dealkylation sites (N-methyl/N-ethyl adjacent to an activating group) is 2. The summed E-state index contributed by atoms with van der Waals surface area (Å²) in [6.07, 6.45) is 0. The largest absolute Gasteiger partial charge is 0.496 e. The Morgan fingerprint density at radius 1 is 0.947 bits per heavy atom. The van der Waals surface area contributed by atoms with E-state index in [1.54, 1.807) is 7.11 Å². The van der Waals surface area contributed by atoms with Gasteiger partial charge < -0.3 is 14.5 Å². The predicted octanol–water partition coefficient (Wildman–Crippen LogP) is 3.34. The normalized spacial score (nSPS) is 9.95. The van der Waals surface area contributed by atoms with Crippen LogP contribution >= 0.6 is 0 Å². The number of ether oxygens (including phenoxy) is 1. The molecule has 0 aromatic heterocycles. The highest BCUT2D eigenvalue weighted by Gasteiger charge is 2.09. The molecule has 0 aliphatic rings. The molecule has 1 rings (SSSR count). The number of rotatable bonds is 5. The molecule has 19 heavy (non-hydrogen) atoms. The van der Waals surface area contributed by atoms with Crippen molar-refractivity contribution in [3.8, 4) is 5.75 Å². The van der Waals surface area contributed by atoms with E-state index in [0.717, 1.165) is 18.8 Å². The third-order valence-corrected chi connectivity index (χ3v) is 3.01. The van der Waals surface area contributed by atoms with Gasteiger partial charge in [-0.3, -0.25) is 0 Å². The van der Waals surface area contributed by atoms with Gasteiger partial charge in [0.1, 0.15) is 5.75 Å². The molecule has 0 amide bonds. The molecule has 110 valence electrons. The van der Waals surface area contributed by atoms with Crippen molar-refractivity contribution in [2.24, 2.45) is 0 Å². The van der Waals surface area contributed by atoms with Gasteiger partial charge in [0.05, 0.1) is 7.11 Å². The average molecular weight is 266 g/mol. The highest BCUT2D eigenvalue weighted by Crippen LogP contribution is 2.28. The van der Waals surface area contributed by atoms with Gasteiger partial charge in [0.25, 0.3) is 0 Å². The van der Waals surface area contributed by atoms with Crippen LogP contribution in [0.15, 0.2) is 12.1 Å². The van der Waals surface area contributed by atoms with Gasteiger partial charge in [-0.1, -0.05) is 19.9 Å². The molecule has 0 saturated carbocycles. The summed E-state index contributed by atoms with van der Waals surface area (Å²) < 4.78 is 5.38. The predicted molar refractivity (Wildman–Crippen MR) is 85.6 cm³/mol. The van der Waals surface area contributed by atoms with E-state index in [1.807, 2.05) is 13.8 Å². The summed E-state index contributed by atoms with van der Waals surface area (Å²) in [5, 5.41) is 0. The van der Waals surface area contributed by atoms with E-state index in [-0.39, 0.29) is 0 Å². The highest BCUT2D eigenvalue weighted by atomic mass is 16.5. The van der Waals surface area contributed by atoms with Gasteiger partial charge in [0, 0.05) is 31.9 Å². The first kappa shape index (κ1) is 17.8. The Hall–Kier alpha value is -1.22. The molecular formula is C16H30N2O. The van der Waals surface area contributed by atoms with Gasteiger partial charge in [0.2, 0.25) is 0 Å². The standard InChI is InChI=1S/C14H24N2O.C2H6/c1-11-9-12(2)14(17-6)10-13(11)16(5)8-7-15(3)4;1-2/h9-10H,7-8H2,1-6H3;1-2H3. The van der Waals surface area contributed by atoms with E-state index in [0.29, 0.717) is 0 Å². The Labute approximate surface area is 119 Å². The van der Waals surface area contributed by atoms with Crippen LogP contribution < -0.4 is 9.64 Å². The first-order valence-electron chi connectivity index (χ1n) is 6.96. The Balaban J connectivity index is 0.00000154. The molecule has 0 aliphatic heterocycles. The monoisotopic (exact) mass is 266 g/mol. The number of hydrogen-bond donors (Lipinski definition) is 0. The zero-order valence-electron chi connectivity index (χ0n) is 13.9. The van der Waals surface area contributed by atoms with E-state index >= 15 is 0 Å². The van der Waals surface area contributed by atoms with Crippen LogP contribution in [0.2, 0.25) is 0 Å². The van der Waals surface area contributed by atoms with Crippen LogP contribution in [0.1, 0.15) is 25.0 Å². The Kier molecular flexibility index (Phi) is 8.24. The molecule has 0 atom stereocenters. The lowest BCUT2D eigenvalue weighted by Gasteiger charge is -2.24. The molecule has 0 saturated heterocycles. The van der Waals surface area contributed by atoms with Crippen LogP contribution in [-0.4, -0.2) is 46.2 Å². The summed E-state index contributed by atoms with van der Waals surface area (Å²) in [5.41, 5.74) is 3.73. The van der Waals surface area contributed by atoms with Gasteiger partial charge in [0.15, 0.2) is 0 Å². The van der Waals surface area contributed by atoms with Gasteiger partial charge in [-0.2, -0.15) is 0 Å². The number of benzene rings is 1. The lowest BCUT2D eigenvalue weighted by molar-refractivity contribution is 0.410. The van der Waals surface area contributed by atoms with Crippen molar-refractivity contribution >= 4 is 5.69 Å². The molecule has 0 heterocycles. The Bertz CT molecular complexity index is 375. The fourth-order valence-corrected chi connectivity index (χ4v) is 1.92. The number of aryl methyl sites for hydroxylation is 2. The minimum atomic E-state index is 0.960. The van der Waals surface area contributed by atoms with E-state index in [9.17, 15) is 0 Å². The van der Waals surface area contributed by atoms with Crippen molar-refractivity contribution in [2.45, 2.75) is 27.7 Å². The fraction of sp³-hybridized carbons (Fsp3) is 0.625. The third-order valence-electron chi connectivity index (χ3n) is 3.01. The zero-order chi connectivity index (χ0) is 15.0. The number of anilines is 1. The second-order valence-electron chi connectivity index (χ2n) is 4.83. The number of hydrogen-bond acceptors (Lipinski definition) is 3. The van der Waals surface area contributed by atoms with Gasteiger partial charge >= 0.3 is 0 Å². The smallest absolute Gasteiger partial charge is 0.123 e. The van der Waals surface area contributed by atoms with Gasteiger partial charge in [-0.25, -0.2) is 0 Å². The summed E-state index contributed by atoms with van der Waals surface area (Å²) in [4.78, 5) is 4.47. The molecule has 1 aromatic rings. The second kappa shape index (κ2) is 8.81. The first-order valence-corrected chi connectivity index (χ1v) is 6.96. The summed E-state index contributed by atoms with van der Waals surface area (Å²) in [6, 6.07) is 4.31. The summed E-state index contributed by atoms with van der Waals surface area (Å²) in [7, 11) is 8.04. The van der Waals surface area contributed by atoms with Gasteiger partial charge in [-0.05, 0) is 39.1 Å². The topological polar surface area (TPSA) is 15.7 Å². The maximum Gasteiger partial charge on any atom is 0.123 e. The SMILES string of the molecule is CC.COc1cc(N(C)CCN(C)C)c(C)cc1C. The van der Waals surface area contributed by atoms with Gasteiger partial charge in [-0.15, -0.1) is 0 Å². The Morgan fingerprint density at radius 2 is 1.53 bits per heavy atom. The van der Waals surface area contributed by atoms with E-state index in [2.05, 4.69) is 56.9 Å². The van der Waals surface area contributed by atoms with Crippen molar-refractivity contribution in [3.05, 3.63) is 23.3 Å². The van der Waals surface area contributed by atoms with Crippen molar-refractivity contribution < 1.29 is 4.74 Å². The molecule has 0 N–H and O–H groups in total. The van der Waals surface area contributed by atoms with Crippen LogP contribution in [0.4, 0.5) is 5.69 Å². The van der Waals surface area contributed by atoms with Crippen molar-refractivity contribution in [3.63, 3.8) is 0 Å². The summed E-state index contributed by atoms with van der Waals surface area (Å²) in [5.74, 6) is 0.960. The van der Waals surface area contributed by atoms with Crippen molar-refractivity contribution in [1.29, 1.82) is 0 Å². The molecule has 0 radical (unpaired) electrons. The van der Waals surface area contributed by atoms with E-state index in [4.69, 9.17) is 4.74 Å². The first-order chi connectivity index (χ1) is 8.95.